The van der Waals surface area contributed by atoms with Crippen molar-refractivity contribution in [1.29, 1.82) is 0 Å². The Hall–Kier alpha value is -1.25. The molecule has 1 aliphatic rings. The monoisotopic (exact) mass is 314 g/mol. The first-order valence-electron chi connectivity index (χ1n) is 7.09. The van der Waals surface area contributed by atoms with Gasteiger partial charge in [0, 0.05) is 24.8 Å². The van der Waals surface area contributed by atoms with Crippen molar-refractivity contribution in [3.63, 3.8) is 0 Å². The summed E-state index contributed by atoms with van der Waals surface area (Å²) in [6, 6.07) is 1.48. The molecular weight excluding hydrogens is 292 g/mol. The number of sulfonamides is 1. The van der Waals surface area contributed by atoms with Crippen LogP contribution in [-0.2, 0) is 10.0 Å². The topological polar surface area (TPSA) is 95.4 Å². The third kappa shape index (κ3) is 4.12. The Bertz CT molecular complexity index is 591. The second-order valence-corrected chi connectivity index (χ2v) is 7.22. The lowest BCUT2D eigenvalue weighted by Crippen LogP contribution is -2.38. The Kier molecular flexibility index (Phi) is 5.13. The van der Waals surface area contributed by atoms with Crippen LogP contribution in [0.2, 0.25) is 0 Å². The maximum absolute atomic E-state index is 11.9. The lowest BCUT2D eigenvalue weighted by molar-refractivity contribution is 0.248. The molecule has 0 radical (unpaired) electrons. The van der Waals surface area contributed by atoms with Crippen molar-refractivity contribution < 1.29 is 13.5 Å². The van der Waals surface area contributed by atoms with Gasteiger partial charge in [-0.05, 0) is 19.8 Å². The number of aromatic nitrogens is 2. The number of hydrogen-bond donors (Lipinski definition) is 2. The molecule has 7 nitrogen and oxygen atoms in total. The van der Waals surface area contributed by atoms with E-state index in [1.54, 1.807) is 6.07 Å². The number of aryl methyl sites for hydroxylation is 1. The zero-order chi connectivity index (χ0) is 15.5. The van der Waals surface area contributed by atoms with Gasteiger partial charge in [-0.15, -0.1) is 0 Å². The average molecular weight is 314 g/mol. The van der Waals surface area contributed by atoms with Gasteiger partial charge in [-0.2, -0.15) is 4.31 Å². The highest BCUT2D eigenvalue weighted by Gasteiger charge is 2.32. The first-order chi connectivity index (χ1) is 9.91. The number of anilines is 1. The van der Waals surface area contributed by atoms with E-state index >= 15 is 0 Å². The molecule has 118 valence electrons. The molecule has 0 bridgehead atoms. The highest BCUT2D eigenvalue weighted by Crippen LogP contribution is 2.31. The third-order valence-corrected chi connectivity index (χ3v) is 4.76. The molecule has 0 unspecified atom stereocenters. The Morgan fingerprint density at radius 1 is 1.43 bits per heavy atom. The molecule has 0 spiro atoms. The fraction of sp³-hybridized carbons (Fsp3) is 0.692. The fourth-order valence-corrected chi connectivity index (χ4v) is 3.70. The van der Waals surface area contributed by atoms with Crippen molar-refractivity contribution in [1.82, 2.24) is 14.3 Å². The quantitative estimate of drug-likeness (QED) is 0.829. The van der Waals surface area contributed by atoms with Crippen LogP contribution >= 0.6 is 0 Å². The van der Waals surface area contributed by atoms with Gasteiger partial charge in [0.25, 0.3) is 0 Å². The van der Waals surface area contributed by atoms with E-state index in [2.05, 4.69) is 15.3 Å². The predicted octanol–water partition coefficient (Wildman–Crippen LogP) is 0.676. The standard InChI is InChI=1S/C13H22N4O3S/c1-10-9-12(14-6-8-18)16-13(15-10)11-5-3-4-7-17(11)21(2,19)20/h9,11,18H,3-8H2,1-2H3,(H,14,15,16)/t11-/m1/s1. The van der Waals surface area contributed by atoms with Crippen LogP contribution < -0.4 is 5.32 Å². The van der Waals surface area contributed by atoms with E-state index in [9.17, 15) is 8.42 Å². The van der Waals surface area contributed by atoms with Crippen molar-refractivity contribution >= 4 is 15.8 Å². The van der Waals surface area contributed by atoms with Crippen molar-refractivity contribution in [2.75, 3.05) is 31.3 Å². The number of piperidine rings is 1. The second-order valence-electron chi connectivity index (χ2n) is 5.29. The number of nitrogens with one attached hydrogen (secondary N) is 1. The summed E-state index contributed by atoms with van der Waals surface area (Å²) in [6.07, 6.45) is 3.79. The maximum atomic E-state index is 11.9. The number of hydrogen-bond acceptors (Lipinski definition) is 6. The summed E-state index contributed by atoms with van der Waals surface area (Å²) in [5.74, 6) is 1.14. The molecule has 1 aromatic heterocycles. The molecule has 8 heteroatoms. The molecule has 0 aromatic carbocycles. The minimum absolute atomic E-state index is 0.0112. The first-order valence-corrected chi connectivity index (χ1v) is 8.94. The van der Waals surface area contributed by atoms with E-state index in [0.717, 1.165) is 25.0 Å². The maximum Gasteiger partial charge on any atom is 0.211 e. The Morgan fingerprint density at radius 2 is 2.19 bits per heavy atom. The van der Waals surface area contributed by atoms with Gasteiger partial charge < -0.3 is 10.4 Å². The molecule has 2 N–H and O–H groups in total. The Balaban J connectivity index is 2.32. The number of nitrogens with zero attached hydrogens (tertiary/aromatic N) is 3. The van der Waals surface area contributed by atoms with Gasteiger partial charge in [-0.25, -0.2) is 18.4 Å². The van der Waals surface area contributed by atoms with Crippen LogP contribution in [0.1, 0.15) is 36.8 Å². The van der Waals surface area contributed by atoms with Gasteiger partial charge >= 0.3 is 0 Å². The molecule has 1 aliphatic heterocycles. The van der Waals surface area contributed by atoms with E-state index in [1.165, 1.54) is 10.6 Å². The number of aliphatic hydroxyl groups excluding tert-OH is 1. The highest BCUT2D eigenvalue weighted by atomic mass is 32.2. The van der Waals surface area contributed by atoms with Crippen LogP contribution in [0.25, 0.3) is 0 Å². The van der Waals surface area contributed by atoms with Gasteiger partial charge in [0.05, 0.1) is 18.9 Å². The fourth-order valence-electron chi connectivity index (χ4n) is 2.58. The van der Waals surface area contributed by atoms with Crippen molar-refractivity contribution in [2.24, 2.45) is 0 Å². The summed E-state index contributed by atoms with van der Waals surface area (Å²) in [4.78, 5) is 8.83. The summed E-state index contributed by atoms with van der Waals surface area (Å²) >= 11 is 0. The molecule has 0 saturated carbocycles. The highest BCUT2D eigenvalue weighted by molar-refractivity contribution is 7.88. The van der Waals surface area contributed by atoms with E-state index < -0.39 is 10.0 Å². The van der Waals surface area contributed by atoms with Crippen LogP contribution in [0.15, 0.2) is 6.07 Å². The number of aliphatic hydroxyl groups is 1. The largest absolute Gasteiger partial charge is 0.395 e. The van der Waals surface area contributed by atoms with Crippen LogP contribution in [0.3, 0.4) is 0 Å². The molecule has 1 saturated heterocycles. The van der Waals surface area contributed by atoms with E-state index in [1.807, 2.05) is 6.92 Å². The SMILES string of the molecule is Cc1cc(NCCO)nc([C@H]2CCCCN2S(C)(=O)=O)n1. The van der Waals surface area contributed by atoms with Crippen LogP contribution in [0.4, 0.5) is 5.82 Å². The van der Waals surface area contributed by atoms with Crippen LogP contribution in [0.5, 0.6) is 0 Å². The molecule has 2 heterocycles. The molecule has 21 heavy (non-hydrogen) atoms. The van der Waals surface area contributed by atoms with Crippen LogP contribution in [-0.4, -0.2) is 53.7 Å². The molecule has 1 aromatic rings. The Labute approximate surface area is 125 Å². The van der Waals surface area contributed by atoms with Gasteiger partial charge in [0.15, 0.2) is 0 Å². The molecular formula is C13H22N4O3S. The third-order valence-electron chi connectivity index (χ3n) is 3.47. The van der Waals surface area contributed by atoms with Gasteiger partial charge in [0.1, 0.15) is 11.6 Å². The summed E-state index contributed by atoms with van der Waals surface area (Å²) < 4.78 is 25.4. The van der Waals surface area contributed by atoms with Crippen molar-refractivity contribution in [3.05, 3.63) is 17.6 Å². The molecule has 1 atom stereocenters. The van der Waals surface area contributed by atoms with E-state index in [0.29, 0.717) is 24.7 Å². The molecule has 2 rings (SSSR count). The normalized spacial score (nSPS) is 20.4. The van der Waals surface area contributed by atoms with Crippen molar-refractivity contribution in [2.45, 2.75) is 32.2 Å². The molecule has 0 amide bonds. The minimum Gasteiger partial charge on any atom is -0.395 e. The zero-order valence-electron chi connectivity index (χ0n) is 12.4. The summed E-state index contributed by atoms with van der Waals surface area (Å²) in [5, 5.41) is 11.9. The summed E-state index contributed by atoms with van der Waals surface area (Å²) in [6.45, 7) is 2.77. The second kappa shape index (κ2) is 6.67. The first kappa shape index (κ1) is 16.1. The van der Waals surface area contributed by atoms with Crippen LogP contribution in [0, 0.1) is 6.92 Å². The molecule has 1 fully saturated rings. The smallest absolute Gasteiger partial charge is 0.211 e. The minimum atomic E-state index is -3.27. The summed E-state index contributed by atoms with van der Waals surface area (Å²) in [5.41, 5.74) is 0.777. The lowest BCUT2D eigenvalue weighted by atomic mass is 10.0. The van der Waals surface area contributed by atoms with Crippen molar-refractivity contribution in [3.8, 4) is 0 Å². The van der Waals surface area contributed by atoms with Gasteiger partial charge in [0.2, 0.25) is 10.0 Å². The lowest BCUT2D eigenvalue weighted by Gasteiger charge is -2.32. The zero-order valence-corrected chi connectivity index (χ0v) is 13.2. The number of rotatable bonds is 5. The average Bonchev–Trinajstić information content (AvgIpc) is 2.43. The Morgan fingerprint density at radius 3 is 2.86 bits per heavy atom. The molecule has 0 aliphatic carbocycles. The van der Waals surface area contributed by atoms with Gasteiger partial charge in [-0.3, -0.25) is 0 Å². The summed E-state index contributed by atoms with van der Waals surface area (Å²) in [7, 11) is -3.27. The predicted molar refractivity (Wildman–Crippen MR) is 80.5 cm³/mol. The van der Waals surface area contributed by atoms with E-state index in [-0.39, 0.29) is 12.6 Å². The van der Waals surface area contributed by atoms with E-state index in [4.69, 9.17) is 5.11 Å². The van der Waals surface area contributed by atoms with Gasteiger partial charge in [-0.1, -0.05) is 6.42 Å².